The Morgan fingerprint density at radius 1 is 0.889 bits per heavy atom. The molecule has 0 spiro atoms. The van der Waals surface area contributed by atoms with Crippen LogP contribution in [0.3, 0.4) is 0 Å². The minimum Gasteiger partial charge on any atom is -0.503 e. The van der Waals surface area contributed by atoms with Crippen molar-refractivity contribution in [3.63, 3.8) is 0 Å². The Morgan fingerprint density at radius 3 is 2.22 bits per heavy atom. The summed E-state index contributed by atoms with van der Waals surface area (Å²) in [5.74, 6) is 7.57. The number of rotatable bonds is 4. The zero-order valence-corrected chi connectivity index (χ0v) is 15.6. The van der Waals surface area contributed by atoms with Crippen LogP contribution in [-0.2, 0) is 9.47 Å². The first-order valence-corrected chi connectivity index (χ1v) is 8.55. The third-order valence-corrected chi connectivity index (χ3v) is 4.19. The van der Waals surface area contributed by atoms with Gasteiger partial charge in [-0.25, -0.2) is 0 Å². The van der Waals surface area contributed by atoms with Crippen molar-refractivity contribution in [1.29, 1.82) is 0 Å². The molecule has 0 aromatic heterocycles. The van der Waals surface area contributed by atoms with E-state index in [0.29, 0.717) is 47.2 Å². The third-order valence-electron chi connectivity index (χ3n) is 4.19. The van der Waals surface area contributed by atoms with E-state index < -0.39 is 6.29 Å². The molecule has 0 amide bonds. The lowest BCUT2D eigenvalue weighted by Crippen LogP contribution is -2.18. The lowest BCUT2D eigenvalue weighted by atomic mass is 10.0. The molecule has 3 rings (SSSR count). The monoisotopic (exact) mass is 370 g/mol. The number of aromatic hydroxyl groups is 1. The number of benzene rings is 2. The number of hydrogen-bond acceptors (Lipinski definition) is 6. The van der Waals surface area contributed by atoms with Crippen LogP contribution in [0.2, 0.25) is 0 Å². The smallest absolute Gasteiger partial charge is 0.185 e. The highest BCUT2D eigenvalue weighted by Crippen LogP contribution is 2.37. The normalized spacial score (nSPS) is 14.2. The highest BCUT2D eigenvalue weighted by molar-refractivity contribution is 5.60. The van der Waals surface area contributed by atoms with Gasteiger partial charge in [-0.05, 0) is 36.8 Å². The number of hydrogen-bond donors (Lipinski definition) is 1. The summed E-state index contributed by atoms with van der Waals surface area (Å²) in [4.78, 5) is 0. The van der Waals surface area contributed by atoms with Crippen LogP contribution in [0.25, 0.3) is 0 Å². The Hall–Kier alpha value is -2.88. The van der Waals surface area contributed by atoms with Gasteiger partial charge in [-0.1, -0.05) is 11.8 Å². The van der Waals surface area contributed by atoms with Gasteiger partial charge in [0.2, 0.25) is 0 Å². The molecule has 6 heteroatoms. The van der Waals surface area contributed by atoms with Gasteiger partial charge in [-0.2, -0.15) is 0 Å². The van der Waals surface area contributed by atoms with Crippen LogP contribution < -0.4 is 14.2 Å². The standard InChI is InChI=1S/C21H22O6/c1-23-17-9-6-14(13-19(17)25-3)5-7-15-16(21-26-11-4-12-27-21)8-10-18(24-2)20(15)22/h6,8-10,13,21-22H,4,11-12H2,1-3H3. The van der Waals surface area contributed by atoms with Crippen LogP contribution in [0.4, 0.5) is 0 Å². The van der Waals surface area contributed by atoms with Gasteiger partial charge in [-0.3, -0.25) is 0 Å². The third kappa shape index (κ3) is 4.11. The Kier molecular flexibility index (Phi) is 6.07. The molecule has 0 saturated carbocycles. The quantitative estimate of drug-likeness (QED) is 0.834. The van der Waals surface area contributed by atoms with Gasteiger partial charge < -0.3 is 28.8 Å². The van der Waals surface area contributed by atoms with E-state index in [1.54, 1.807) is 38.5 Å². The number of ether oxygens (including phenoxy) is 5. The average molecular weight is 370 g/mol. The first-order chi connectivity index (χ1) is 13.2. The molecule has 0 unspecified atom stereocenters. The Morgan fingerprint density at radius 2 is 1.56 bits per heavy atom. The van der Waals surface area contributed by atoms with E-state index in [0.717, 1.165) is 6.42 Å². The van der Waals surface area contributed by atoms with Crippen LogP contribution in [0.15, 0.2) is 30.3 Å². The number of phenolic OH excluding ortho intramolecular Hbond substituents is 1. The predicted octanol–water partition coefficient (Wildman–Crippen LogP) is 3.25. The minimum atomic E-state index is -0.565. The van der Waals surface area contributed by atoms with Crippen molar-refractivity contribution in [3.05, 3.63) is 47.0 Å². The van der Waals surface area contributed by atoms with Gasteiger partial charge in [0.1, 0.15) is 0 Å². The molecular weight excluding hydrogens is 348 g/mol. The average Bonchev–Trinajstić information content (AvgIpc) is 2.73. The number of phenols is 1. The van der Waals surface area contributed by atoms with Crippen LogP contribution >= 0.6 is 0 Å². The van der Waals surface area contributed by atoms with E-state index in [2.05, 4.69) is 11.8 Å². The fourth-order valence-electron chi connectivity index (χ4n) is 2.80. The van der Waals surface area contributed by atoms with Gasteiger partial charge >= 0.3 is 0 Å². The van der Waals surface area contributed by atoms with E-state index in [-0.39, 0.29) is 5.75 Å². The molecule has 0 radical (unpaired) electrons. The van der Waals surface area contributed by atoms with Crippen molar-refractivity contribution in [2.75, 3.05) is 34.5 Å². The maximum absolute atomic E-state index is 10.6. The molecule has 2 aromatic carbocycles. The lowest BCUT2D eigenvalue weighted by Gasteiger charge is -2.25. The molecule has 0 atom stereocenters. The summed E-state index contributed by atoms with van der Waals surface area (Å²) in [7, 11) is 4.64. The molecule has 1 heterocycles. The van der Waals surface area contributed by atoms with E-state index in [1.165, 1.54) is 7.11 Å². The van der Waals surface area contributed by atoms with Crippen molar-refractivity contribution in [2.24, 2.45) is 0 Å². The molecule has 0 aliphatic carbocycles. The predicted molar refractivity (Wildman–Crippen MR) is 99.4 cm³/mol. The SMILES string of the molecule is COc1ccc(C#Cc2c(C3OCCCO3)ccc(OC)c2O)cc1OC. The van der Waals surface area contributed by atoms with Gasteiger partial charge in [0.15, 0.2) is 29.3 Å². The van der Waals surface area contributed by atoms with Gasteiger partial charge in [0.05, 0.1) is 40.1 Å². The lowest BCUT2D eigenvalue weighted by molar-refractivity contribution is -0.183. The van der Waals surface area contributed by atoms with Gasteiger partial charge in [0.25, 0.3) is 0 Å². The molecular formula is C21H22O6. The van der Waals surface area contributed by atoms with Crippen molar-refractivity contribution in [1.82, 2.24) is 0 Å². The van der Waals surface area contributed by atoms with Crippen molar-refractivity contribution in [2.45, 2.75) is 12.7 Å². The van der Waals surface area contributed by atoms with Crippen molar-refractivity contribution >= 4 is 0 Å². The first kappa shape index (κ1) is 18.9. The fraction of sp³-hybridized carbons (Fsp3) is 0.333. The van der Waals surface area contributed by atoms with E-state index in [9.17, 15) is 5.11 Å². The maximum atomic E-state index is 10.6. The van der Waals surface area contributed by atoms with E-state index in [4.69, 9.17) is 23.7 Å². The van der Waals surface area contributed by atoms with Crippen LogP contribution in [0, 0.1) is 11.8 Å². The second-order valence-electron chi connectivity index (χ2n) is 5.83. The second-order valence-corrected chi connectivity index (χ2v) is 5.83. The molecule has 1 aliphatic heterocycles. The maximum Gasteiger partial charge on any atom is 0.185 e. The van der Waals surface area contributed by atoms with Crippen molar-refractivity contribution < 1.29 is 28.8 Å². The summed E-state index contributed by atoms with van der Waals surface area (Å²) in [6, 6.07) is 8.85. The van der Waals surface area contributed by atoms with Crippen LogP contribution in [-0.4, -0.2) is 39.6 Å². The Bertz CT molecular complexity index is 859. The van der Waals surface area contributed by atoms with Gasteiger partial charge in [0, 0.05) is 11.1 Å². The zero-order chi connectivity index (χ0) is 19.2. The highest BCUT2D eigenvalue weighted by atomic mass is 16.7. The number of methoxy groups -OCH3 is 3. The summed E-state index contributed by atoms with van der Waals surface area (Å²) in [6.07, 6.45) is 0.274. The molecule has 1 fully saturated rings. The molecule has 1 N–H and O–H groups in total. The molecule has 27 heavy (non-hydrogen) atoms. The molecule has 1 saturated heterocycles. The molecule has 6 nitrogen and oxygen atoms in total. The topological polar surface area (TPSA) is 66.4 Å². The van der Waals surface area contributed by atoms with E-state index >= 15 is 0 Å². The summed E-state index contributed by atoms with van der Waals surface area (Å²) in [6.45, 7) is 1.19. The summed E-state index contributed by atoms with van der Waals surface area (Å²) in [5, 5.41) is 10.6. The van der Waals surface area contributed by atoms with Crippen LogP contribution in [0.5, 0.6) is 23.0 Å². The minimum absolute atomic E-state index is 0.0410. The van der Waals surface area contributed by atoms with Gasteiger partial charge in [-0.15, -0.1) is 0 Å². The summed E-state index contributed by atoms with van der Waals surface area (Å²) in [5.41, 5.74) is 1.79. The highest BCUT2D eigenvalue weighted by Gasteiger charge is 2.23. The Labute approximate surface area is 158 Å². The molecule has 1 aliphatic rings. The Balaban J connectivity index is 2.02. The zero-order valence-electron chi connectivity index (χ0n) is 15.6. The molecule has 142 valence electrons. The van der Waals surface area contributed by atoms with E-state index in [1.807, 2.05) is 6.07 Å². The van der Waals surface area contributed by atoms with Crippen LogP contribution in [0.1, 0.15) is 29.4 Å². The summed E-state index contributed by atoms with van der Waals surface area (Å²) < 4.78 is 27.1. The summed E-state index contributed by atoms with van der Waals surface area (Å²) >= 11 is 0. The van der Waals surface area contributed by atoms with Crippen molar-refractivity contribution in [3.8, 4) is 34.8 Å². The molecule has 0 bridgehead atoms. The fourth-order valence-corrected chi connectivity index (χ4v) is 2.80. The second kappa shape index (κ2) is 8.67. The first-order valence-electron chi connectivity index (χ1n) is 8.55. The molecule has 2 aromatic rings. The largest absolute Gasteiger partial charge is 0.503 e.